The largest absolute Gasteiger partial charge is 0.454 e. The third kappa shape index (κ3) is 4.64. The average Bonchev–Trinajstić information content (AvgIpc) is 3.66. The molecule has 0 bridgehead atoms. The maximum absolute atomic E-state index is 6.91. The topological polar surface area (TPSA) is 16.4 Å². The molecule has 1 aliphatic carbocycles. The Morgan fingerprint density at radius 1 is 0.431 bits per heavy atom. The first-order valence-corrected chi connectivity index (χ1v) is 17.7. The Balaban J connectivity index is 1.15. The van der Waals surface area contributed by atoms with E-state index in [1.54, 1.807) is 0 Å². The van der Waals surface area contributed by atoms with Crippen molar-refractivity contribution in [3.8, 4) is 33.4 Å². The summed E-state index contributed by atoms with van der Waals surface area (Å²) in [7, 11) is 0. The van der Waals surface area contributed by atoms with E-state index in [0.717, 1.165) is 39.0 Å². The quantitative estimate of drug-likeness (QED) is 0.184. The number of hydrogen-bond acceptors (Lipinski definition) is 2. The molecular weight excluding hydrogens is 619 g/mol. The van der Waals surface area contributed by atoms with Crippen molar-refractivity contribution in [3.05, 3.63) is 187 Å². The highest BCUT2D eigenvalue weighted by Crippen LogP contribution is 2.51. The van der Waals surface area contributed by atoms with Gasteiger partial charge in [0, 0.05) is 27.6 Å². The first-order valence-electron chi connectivity index (χ1n) is 17.7. The van der Waals surface area contributed by atoms with Crippen LogP contribution in [-0.2, 0) is 5.41 Å². The van der Waals surface area contributed by atoms with Gasteiger partial charge in [-0.15, -0.1) is 0 Å². The standard InChI is InChI=1S/C49H35NO/c1-49(2)44-20-9-8-17-40(44)42-31-47-43(30-45(42)49)41-19-11-21-46(48(41)51-47)50(36-26-22-33(23-27-36)32-12-4-3-5-13-32)37-28-24-35(25-29-37)39-18-10-15-34-14-6-7-16-38(34)39/h3-31H,1-2H3. The molecular formula is C49H35NO. The van der Waals surface area contributed by atoms with E-state index in [4.69, 9.17) is 4.42 Å². The monoisotopic (exact) mass is 653 g/mol. The Hall–Kier alpha value is -6.38. The van der Waals surface area contributed by atoms with Crippen LogP contribution in [0.3, 0.4) is 0 Å². The zero-order valence-electron chi connectivity index (χ0n) is 28.6. The van der Waals surface area contributed by atoms with Gasteiger partial charge in [-0.3, -0.25) is 0 Å². The second kappa shape index (κ2) is 11.3. The molecule has 2 nitrogen and oxygen atoms in total. The van der Waals surface area contributed by atoms with Gasteiger partial charge in [-0.2, -0.15) is 0 Å². The van der Waals surface area contributed by atoms with E-state index < -0.39 is 0 Å². The number of para-hydroxylation sites is 1. The molecule has 10 rings (SSSR count). The fourth-order valence-corrected chi connectivity index (χ4v) is 8.28. The van der Waals surface area contributed by atoms with Crippen LogP contribution in [0.4, 0.5) is 17.1 Å². The molecule has 0 saturated heterocycles. The summed E-state index contributed by atoms with van der Waals surface area (Å²) >= 11 is 0. The first kappa shape index (κ1) is 29.5. The van der Waals surface area contributed by atoms with Crippen LogP contribution in [0.25, 0.3) is 66.1 Å². The Morgan fingerprint density at radius 3 is 1.84 bits per heavy atom. The number of hydrogen-bond donors (Lipinski definition) is 0. The van der Waals surface area contributed by atoms with Crippen LogP contribution in [0.2, 0.25) is 0 Å². The molecule has 0 spiro atoms. The molecule has 0 aliphatic heterocycles. The summed E-state index contributed by atoms with van der Waals surface area (Å²) < 4.78 is 6.91. The molecule has 1 aliphatic rings. The van der Waals surface area contributed by atoms with E-state index in [2.05, 4.69) is 195 Å². The number of furan rings is 1. The predicted octanol–water partition coefficient (Wildman–Crippen LogP) is 13.8. The molecule has 2 heteroatoms. The van der Waals surface area contributed by atoms with E-state index in [-0.39, 0.29) is 5.41 Å². The van der Waals surface area contributed by atoms with Gasteiger partial charge in [0.15, 0.2) is 5.58 Å². The van der Waals surface area contributed by atoms with E-state index in [1.807, 2.05) is 0 Å². The van der Waals surface area contributed by atoms with E-state index >= 15 is 0 Å². The van der Waals surface area contributed by atoms with Crippen molar-refractivity contribution in [1.29, 1.82) is 0 Å². The van der Waals surface area contributed by atoms with Crippen LogP contribution < -0.4 is 4.90 Å². The van der Waals surface area contributed by atoms with Crippen LogP contribution in [-0.4, -0.2) is 0 Å². The number of rotatable bonds is 5. The van der Waals surface area contributed by atoms with Gasteiger partial charge < -0.3 is 9.32 Å². The molecule has 0 N–H and O–H groups in total. The van der Waals surface area contributed by atoms with Crippen molar-refractivity contribution in [2.24, 2.45) is 0 Å². The molecule has 242 valence electrons. The molecule has 1 aromatic heterocycles. The Bertz CT molecular complexity index is 2750. The number of nitrogens with zero attached hydrogens (tertiary/aromatic N) is 1. The summed E-state index contributed by atoms with van der Waals surface area (Å²) in [6.07, 6.45) is 0. The minimum atomic E-state index is -0.0837. The van der Waals surface area contributed by atoms with Crippen LogP contribution in [0.5, 0.6) is 0 Å². The second-order valence-corrected chi connectivity index (χ2v) is 14.1. The maximum Gasteiger partial charge on any atom is 0.159 e. The van der Waals surface area contributed by atoms with Gasteiger partial charge in [-0.05, 0) is 97.7 Å². The second-order valence-electron chi connectivity index (χ2n) is 14.1. The SMILES string of the molecule is CC1(C)c2ccccc2-c2cc3oc4c(N(c5ccc(-c6ccccc6)cc5)c5ccc(-c6cccc7ccccc67)cc5)cccc4c3cc21. The lowest BCUT2D eigenvalue weighted by molar-refractivity contribution is 0.658. The third-order valence-corrected chi connectivity index (χ3v) is 10.9. The Kier molecular flexibility index (Phi) is 6.56. The third-order valence-electron chi connectivity index (χ3n) is 10.9. The molecule has 0 radical (unpaired) electrons. The van der Waals surface area contributed by atoms with Crippen LogP contribution in [0.1, 0.15) is 25.0 Å². The molecule has 0 fully saturated rings. The summed E-state index contributed by atoms with van der Waals surface area (Å²) in [6.45, 7) is 4.67. The average molecular weight is 654 g/mol. The number of fused-ring (bicyclic) bond motifs is 7. The highest BCUT2D eigenvalue weighted by Gasteiger charge is 2.36. The lowest BCUT2D eigenvalue weighted by Crippen LogP contribution is -2.14. The van der Waals surface area contributed by atoms with Crippen molar-refractivity contribution in [2.75, 3.05) is 4.90 Å². The van der Waals surface area contributed by atoms with Crippen LogP contribution >= 0.6 is 0 Å². The summed E-state index contributed by atoms with van der Waals surface area (Å²) in [6, 6.07) is 63.5. The fourth-order valence-electron chi connectivity index (χ4n) is 8.28. The summed E-state index contributed by atoms with van der Waals surface area (Å²) in [4.78, 5) is 2.33. The minimum Gasteiger partial charge on any atom is -0.454 e. The maximum atomic E-state index is 6.91. The van der Waals surface area contributed by atoms with Crippen molar-refractivity contribution in [3.63, 3.8) is 0 Å². The van der Waals surface area contributed by atoms with Gasteiger partial charge in [0.05, 0.1) is 5.69 Å². The lowest BCUT2D eigenvalue weighted by Gasteiger charge is -2.26. The van der Waals surface area contributed by atoms with Gasteiger partial charge in [-0.25, -0.2) is 0 Å². The molecule has 51 heavy (non-hydrogen) atoms. The molecule has 1 heterocycles. The first-order chi connectivity index (χ1) is 25.0. The Labute approximate surface area is 297 Å². The van der Waals surface area contributed by atoms with Crippen molar-refractivity contribution in [2.45, 2.75) is 19.3 Å². The molecule has 8 aromatic carbocycles. The highest BCUT2D eigenvalue weighted by atomic mass is 16.3. The van der Waals surface area contributed by atoms with E-state index in [9.17, 15) is 0 Å². The van der Waals surface area contributed by atoms with Crippen molar-refractivity contribution >= 4 is 49.8 Å². The smallest absolute Gasteiger partial charge is 0.159 e. The molecule has 9 aromatic rings. The van der Waals surface area contributed by atoms with Crippen LogP contribution in [0, 0.1) is 0 Å². The zero-order valence-corrected chi connectivity index (χ0v) is 28.6. The van der Waals surface area contributed by atoms with E-state index in [0.29, 0.717) is 0 Å². The van der Waals surface area contributed by atoms with Crippen LogP contribution in [0.15, 0.2) is 180 Å². The molecule has 0 amide bonds. The Morgan fingerprint density at radius 2 is 1.04 bits per heavy atom. The van der Waals surface area contributed by atoms with Crippen molar-refractivity contribution < 1.29 is 4.42 Å². The highest BCUT2D eigenvalue weighted by molar-refractivity contribution is 6.12. The number of anilines is 3. The zero-order chi connectivity index (χ0) is 34.1. The van der Waals surface area contributed by atoms with Gasteiger partial charge >= 0.3 is 0 Å². The van der Waals surface area contributed by atoms with E-state index in [1.165, 1.54) is 55.3 Å². The molecule has 0 unspecified atom stereocenters. The summed E-state index contributed by atoms with van der Waals surface area (Å²) in [5, 5.41) is 4.77. The molecule has 0 atom stereocenters. The summed E-state index contributed by atoms with van der Waals surface area (Å²) in [5.74, 6) is 0. The normalized spacial score (nSPS) is 13.1. The lowest BCUT2D eigenvalue weighted by atomic mass is 9.82. The predicted molar refractivity (Wildman–Crippen MR) is 214 cm³/mol. The minimum absolute atomic E-state index is 0.0837. The fraction of sp³-hybridized carbons (Fsp3) is 0.0612. The van der Waals surface area contributed by atoms with Crippen molar-refractivity contribution in [1.82, 2.24) is 0 Å². The van der Waals surface area contributed by atoms with Gasteiger partial charge in [0.1, 0.15) is 5.58 Å². The number of benzene rings is 8. The molecule has 0 saturated carbocycles. The van der Waals surface area contributed by atoms with Gasteiger partial charge in [0.25, 0.3) is 0 Å². The van der Waals surface area contributed by atoms with Gasteiger partial charge in [0.2, 0.25) is 0 Å². The van der Waals surface area contributed by atoms with Gasteiger partial charge in [-0.1, -0.05) is 147 Å². The summed E-state index contributed by atoms with van der Waals surface area (Å²) in [5.41, 5.74) is 14.9.